The summed E-state index contributed by atoms with van der Waals surface area (Å²) in [5, 5.41) is 11.1. The Bertz CT molecular complexity index is 688. The second-order valence-corrected chi connectivity index (χ2v) is 6.70. The van der Waals surface area contributed by atoms with E-state index in [1.807, 2.05) is 4.57 Å². The summed E-state index contributed by atoms with van der Waals surface area (Å²) in [7, 11) is 1.63. The number of nitrogens with one attached hydrogen (secondary N) is 1. The molecular formula is C16H19FN4O2S. The number of aromatic nitrogens is 3. The van der Waals surface area contributed by atoms with Crippen molar-refractivity contribution >= 4 is 17.7 Å². The third-order valence-corrected chi connectivity index (χ3v) is 4.92. The second-order valence-electron chi connectivity index (χ2n) is 5.63. The van der Waals surface area contributed by atoms with E-state index in [1.165, 1.54) is 23.9 Å². The molecule has 0 bridgehead atoms. The van der Waals surface area contributed by atoms with Crippen LogP contribution in [0.15, 0.2) is 35.7 Å². The molecule has 0 radical (unpaired) electrons. The number of nitrogens with zero attached hydrogens (tertiary/aromatic N) is 3. The Labute approximate surface area is 143 Å². The van der Waals surface area contributed by atoms with Gasteiger partial charge in [-0.25, -0.2) is 4.39 Å². The van der Waals surface area contributed by atoms with E-state index in [0.717, 1.165) is 18.4 Å². The molecule has 6 nitrogen and oxygen atoms in total. The smallest absolute Gasteiger partial charge is 0.238 e. The lowest BCUT2D eigenvalue weighted by Gasteiger charge is -2.17. The van der Waals surface area contributed by atoms with Crippen LogP contribution in [0.5, 0.6) is 0 Å². The number of halogens is 1. The second kappa shape index (κ2) is 7.76. The molecule has 1 N–H and O–H groups in total. The molecule has 1 amide bonds. The first-order valence-corrected chi connectivity index (χ1v) is 8.64. The molecule has 24 heavy (non-hydrogen) atoms. The van der Waals surface area contributed by atoms with Gasteiger partial charge in [-0.1, -0.05) is 23.9 Å². The van der Waals surface area contributed by atoms with Crippen LogP contribution >= 0.6 is 11.8 Å². The van der Waals surface area contributed by atoms with Gasteiger partial charge in [0.15, 0.2) is 5.16 Å². The summed E-state index contributed by atoms with van der Waals surface area (Å²) >= 11 is 1.31. The normalized spacial score (nSPS) is 15.2. The standard InChI is InChI=1S/C16H19FN4O2S/c1-23-9-8-21-10-18-20-16(21)24-14(15(22)19-13-6-7-13)11-2-4-12(17)5-3-11/h2-5,10,13-14H,6-9H2,1H3,(H,19,22). The van der Waals surface area contributed by atoms with E-state index in [4.69, 9.17) is 4.74 Å². The number of thioether (sulfide) groups is 1. The van der Waals surface area contributed by atoms with E-state index in [0.29, 0.717) is 18.3 Å². The van der Waals surface area contributed by atoms with Crippen molar-refractivity contribution < 1.29 is 13.9 Å². The average Bonchev–Trinajstić information content (AvgIpc) is 3.28. The largest absolute Gasteiger partial charge is 0.383 e. The molecule has 1 heterocycles. The van der Waals surface area contributed by atoms with Crippen LogP contribution in [-0.4, -0.2) is 40.4 Å². The fraction of sp³-hybridized carbons (Fsp3) is 0.438. The average molecular weight is 350 g/mol. The Morgan fingerprint density at radius 3 is 2.88 bits per heavy atom. The molecule has 1 unspecified atom stereocenters. The van der Waals surface area contributed by atoms with E-state index in [-0.39, 0.29) is 17.8 Å². The molecule has 0 saturated heterocycles. The molecule has 1 saturated carbocycles. The summed E-state index contributed by atoms with van der Waals surface area (Å²) in [5.41, 5.74) is 0.737. The van der Waals surface area contributed by atoms with Crippen LogP contribution in [0.2, 0.25) is 0 Å². The van der Waals surface area contributed by atoms with Crippen LogP contribution in [-0.2, 0) is 16.1 Å². The summed E-state index contributed by atoms with van der Waals surface area (Å²) in [6, 6.07) is 6.25. The van der Waals surface area contributed by atoms with Crippen molar-refractivity contribution in [2.45, 2.75) is 35.8 Å². The number of carbonyl (C=O) groups excluding carboxylic acids is 1. The number of ether oxygens (including phenoxy) is 1. The molecule has 1 aliphatic rings. The number of hydrogen-bond donors (Lipinski definition) is 1. The molecule has 0 aliphatic heterocycles. The first kappa shape index (κ1) is 16.9. The van der Waals surface area contributed by atoms with Gasteiger partial charge in [-0.15, -0.1) is 10.2 Å². The van der Waals surface area contributed by atoms with Crippen LogP contribution in [0.3, 0.4) is 0 Å². The number of hydrogen-bond acceptors (Lipinski definition) is 5. The van der Waals surface area contributed by atoms with Gasteiger partial charge < -0.3 is 14.6 Å². The van der Waals surface area contributed by atoms with Crippen molar-refractivity contribution in [3.63, 3.8) is 0 Å². The van der Waals surface area contributed by atoms with Gasteiger partial charge in [0.2, 0.25) is 5.91 Å². The quantitative estimate of drug-likeness (QED) is 0.739. The third-order valence-electron chi connectivity index (χ3n) is 3.67. The number of amides is 1. The molecular weight excluding hydrogens is 331 g/mol. The van der Waals surface area contributed by atoms with Crippen molar-refractivity contribution in [3.8, 4) is 0 Å². The van der Waals surface area contributed by atoms with E-state index in [2.05, 4.69) is 15.5 Å². The lowest BCUT2D eigenvalue weighted by molar-refractivity contribution is -0.120. The summed E-state index contributed by atoms with van der Waals surface area (Å²) in [5.74, 6) is -0.413. The summed E-state index contributed by atoms with van der Waals surface area (Å²) in [6.07, 6.45) is 3.63. The fourth-order valence-electron chi connectivity index (χ4n) is 2.20. The fourth-order valence-corrected chi connectivity index (χ4v) is 3.25. The zero-order valence-corrected chi connectivity index (χ0v) is 14.1. The van der Waals surface area contributed by atoms with Crippen molar-refractivity contribution in [3.05, 3.63) is 42.0 Å². The van der Waals surface area contributed by atoms with Crippen LogP contribution < -0.4 is 5.32 Å². The molecule has 1 aliphatic carbocycles. The summed E-state index contributed by atoms with van der Waals surface area (Å²) in [6.45, 7) is 1.13. The van der Waals surface area contributed by atoms with Gasteiger partial charge in [-0.2, -0.15) is 0 Å². The highest BCUT2D eigenvalue weighted by Gasteiger charge is 2.30. The maximum Gasteiger partial charge on any atom is 0.238 e. The van der Waals surface area contributed by atoms with E-state index >= 15 is 0 Å². The molecule has 2 aromatic rings. The zero-order chi connectivity index (χ0) is 16.9. The van der Waals surface area contributed by atoms with Crippen molar-refractivity contribution in [2.24, 2.45) is 0 Å². The molecule has 1 fully saturated rings. The van der Waals surface area contributed by atoms with Crippen molar-refractivity contribution in [2.75, 3.05) is 13.7 Å². The van der Waals surface area contributed by atoms with Gasteiger partial charge >= 0.3 is 0 Å². The Hall–Kier alpha value is -1.93. The van der Waals surface area contributed by atoms with Gasteiger partial charge in [0, 0.05) is 19.7 Å². The molecule has 128 valence electrons. The van der Waals surface area contributed by atoms with Crippen molar-refractivity contribution in [1.29, 1.82) is 0 Å². The lowest BCUT2D eigenvalue weighted by atomic mass is 10.1. The summed E-state index contributed by atoms with van der Waals surface area (Å²) < 4.78 is 20.1. The highest BCUT2D eigenvalue weighted by Crippen LogP contribution is 2.35. The maximum atomic E-state index is 13.2. The SMILES string of the molecule is COCCn1cnnc1SC(C(=O)NC1CC1)c1ccc(F)cc1. The van der Waals surface area contributed by atoms with Crippen LogP contribution in [0.4, 0.5) is 4.39 Å². The minimum Gasteiger partial charge on any atom is -0.383 e. The van der Waals surface area contributed by atoms with Crippen LogP contribution in [0.25, 0.3) is 0 Å². The van der Waals surface area contributed by atoms with Gasteiger partial charge in [0.05, 0.1) is 6.61 Å². The molecule has 1 aromatic carbocycles. The predicted octanol–water partition coefficient (Wildman–Crippen LogP) is 2.18. The molecule has 1 atom stereocenters. The minimum absolute atomic E-state index is 0.0876. The number of benzene rings is 1. The van der Waals surface area contributed by atoms with Gasteiger partial charge in [0.25, 0.3) is 0 Å². The van der Waals surface area contributed by atoms with E-state index in [9.17, 15) is 9.18 Å². The highest BCUT2D eigenvalue weighted by molar-refractivity contribution is 8.00. The van der Waals surface area contributed by atoms with Crippen LogP contribution in [0.1, 0.15) is 23.7 Å². The number of rotatable bonds is 8. The minimum atomic E-state index is -0.503. The summed E-state index contributed by atoms with van der Waals surface area (Å²) in [4.78, 5) is 12.6. The third kappa shape index (κ3) is 4.33. The van der Waals surface area contributed by atoms with Crippen LogP contribution in [0, 0.1) is 5.82 Å². The zero-order valence-electron chi connectivity index (χ0n) is 13.3. The first-order valence-electron chi connectivity index (χ1n) is 7.76. The van der Waals surface area contributed by atoms with Gasteiger partial charge in [-0.3, -0.25) is 4.79 Å². The Balaban J connectivity index is 1.80. The highest BCUT2D eigenvalue weighted by atomic mass is 32.2. The molecule has 0 spiro atoms. The first-order chi connectivity index (χ1) is 11.7. The Morgan fingerprint density at radius 1 is 1.46 bits per heavy atom. The predicted molar refractivity (Wildman–Crippen MR) is 88.1 cm³/mol. The maximum absolute atomic E-state index is 13.2. The molecule has 1 aromatic heterocycles. The molecule has 8 heteroatoms. The lowest BCUT2D eigenvalue weighted by Crippen LogP contribution is -2.30. The monoisotopic (exact) mass is 350 g/mol. The van der Waals surface area contributed by atoms with Gasteiger partial charge in [-0.05, 0) is 30.5 Å². The Morgan fingerprint density at radius 2 is 2.21 bits per heavy atom. The Kier molecular flexibility index (Phi) is 5.47. The van der Waals surface area contributed by atoms with Gasteiger partial charge in [0.1, 0.15) is 17.4 Å². The number of carbonyl (C=O) groups is 1. The molecule has 3 rings (SSSR count). The van der Waals surface area contributed by atoms with Crippen molar-refractivity contribution in [1.82, 2.24) is 20.1 Å². The van der Waals surface area contributed by atoms with E-state index < -0.39 is 5.25 Å². The topological polar surface area (TPSA) is 69.0 Å². The van der Waals surface area contributed by atoms with E-state index in [1.54, 1.807) is 25.6 Å². The number of methoxy groups -OCH3 is 1.